The lowest BCUT2D eigenvalue weighted by molar-refractivity contribution is -0.143. The maximum atomic E-state index is 13.1. The first-order valence-electron chi connectivity index (χ1n) is 9.61. The number of nitriles is 1. The van der Waals surface area contributed by atoms with Crippen LogP contribution in [0.4, 0.5) is 11.4 Å². The molecule has 0 aliphatic carbocycles. The van der Waals surface area contributed by atoms with Gasteiger partial charge in [0, 0.05) is 17.8 Å². The zero-order valence-corrected chi connectivity index (χ0v) is 17.6. The van der Waals surface area contributed by atoms with Gasteiger partial charge >= 0.3 is 5.97 Å². The summed E-state index contributed by atoms with van der Waals surface area (Å²) in [5, 5.41) is 14.6. The van der Waals surface area contributed by atoms with E-state index >= 15 is 0 Å². The Morgan fingerprint density at radius 2 is 2.00 bits per heavy atom. The Morgan fingerprint density at radius 3 is 2.68 bits per heavy atom. The van der Waals surface area contributed by atoms with Gasteiger partial charge in [0.1, 0.15) is 0 Å². The van der Waals surface area contributed by atoms with Crippen LogP contribution in [0, 0.1) is 11.3 Å². The summed E-state index contributed by atoms with van der Waals surface area (Å²) in [5.41, 5.74) is 2.09. The summed E-state index contributed by atoms with van der Waals surface area (Å²) in [6.07, 6.45) is 0.0520. The van der Waals surface area contributed by atoms with Crippen molar-refractivity contribution >= 4 is 46.4 Å². The van der Waals surface area contributed by atoms with Crippen LogP contribution in [0.3, 0.4) is 0 Å². The van der Waals surface area contributed by atoms with Gasteiger partial charge in [-0.2, -0.15) is 5.26 Å². The number of amides is 2. The maximum absolute atomic E-state index is 13.1. The number of anilines is 2. The monoisotopic (exact) mass is 436 g/mol. The zero-order valence-electron chi connectivity index (χ0n) is 16.8. The number of hydrogen-bond acceptors (Lipinski definition) is 6. The van der Waals surface area contributed by atoms with Crippen LogP contribution in [-0.2, 0) is 9.53 Å². The fourth-order valence-electron chi connectivity index (χ4n) is 3.05. The molecule has 2 N–H and O–H groups in total. The Kier molecular flexibility index (Phi) is 6.95. The molecule has 158 valence electrons. The summed E-state index contributed by atoms with van der Waals surface area (Å²) in [6, 6.07) is 13.2. The van der Waals surface area contributed by atoms with Crippen LogP contribution in [0.5, 0.6) is 0 Å². The molecule has 31 heavy (non-hydrogen) atoms. The highest BCUT2D eigenvalue weighted by Crippen LogP contribution is 2.24. The summed E-state index contributed by atoms with van der Waals surface area (Å²) >= 11 is 5.30. The smallest absolute Gasteiger partial charge is 0.307 e. The Labute approximate surface area is 184 Å². The van der Waals surface area contributed by atoms with Crippen molar-refractivity contribution in [3.05, 3.63) is 59.2 Å². The number of rotatable bonds is 6. The number of carbonyl (C=O) groups is 3. The molecule has 0 aromatic heterocycles. The highest BCUT2D eigenvalue weighted by molar-refractivity contribution is 7.80. The van der Waals surface area contributed by atoms with Crippen molar-refractivity contribution in [2.75, 3.05) is 30.3 Å². The number of fused-ring (bicyclic) bond motifs is 1. The van der Waals surface area contributed by atoms with Gasteiger partial charge in [0.2, 0.25) is 0 Å². The van der Waals surface area contributed by atoms with Crippen LogP contribution in [0.25, 0.3) is 0 Å². The second kappa shape index (κ2) is 9.82. The van der Waals surface area contributed by atoms with Crippen molar-refractivity contribution < 1.29 is 19.1 Å². The number of carbonyl (C=O) groups excluding carboxylic acids is 3. The summed E-state index contributed by atoms with van der Waals surface area (Å²) in [6.45, 7) is 2.30. The number of benzene rings is 2. The molecule has 9 heteroatoms. The minimum atomic E-state index is -0.398. The second-order valence-electron chi connectivity index (χ2n) is 6.73. The molecule has 8 nitrogen and oxygen atoms in total. The minimum absolute atomic E-state index is 0.0520. The van der Waals surface area contributed by atoms with Gasteiger partial charge in [-0.15, -0.1) is 0 Å². The molecule has 1 heterocycles. The molecule has 2 aromatic rings. The molecule has 1 aliphatic heterocycles. The van der Waals surface area contributed by atoms with E-state index in [1.54, 1.807) is 43.3 Å². The molecule has 1 aliphatic rings. The Bertz CT molecular complexity index is 1080. The summed E-state index contributed by atoms with van der Waals surface area (Å²) in [7, 11) is 0. The predicted octanol–water partition coefficient (Wildman–Crippen LogP) is 2.96. The molecule has 0 saturated carbocycles. The number of hydrogen-bond donors (Lipinski definition) is 2. The van der Waals surface area contributed by atoms with E-state index in [0.717, 1.165) is 0 Å². The first-order valence-corrected chi connectivity index (χ1v) is 10.0. The molecule has 0 spiro atoms. The lowest BCUT2D eigenvalue weighted by Crippen LogP contribution is -2.36. The van der Waals surface area contributed by atoms with Crippen molar-refractivity contribution in [2.24, 2.45) is 0 Å². The average molecular weight is 436 g/mol. The fraction of sp³-hybridized carbons (Fsp3) is 0.227. The number of ether oxygens (including phenoxy) is 1. The van der Waals surface area contributed by atoms with E-state index in [-0.39, 0.29) is 43.2 Å². The lowest BCUT2D eigenvalue weighted by Gasteiger charge is -2.20. The van der Waals surface area contributed by atoms with Crippen LogP contribution in [0.1, 0.15) is 39.6 Å². The Morgan fingerprint density at radius 1 is 1.26 bits per heavy atom. The van der Waals surface area contributed by atoms with Crippen LogP contribution in [0.2, 0.25) is 0 Å². The third-order valence-corrected chi connectivity index (χ3v) is 4.80. The molecule has 2 amide bonds. The fourth-order valence-corrected chi connectivity index (χ4v) is 3.31. The molecular weight excluding hydrogens is 416 g/mol. The maximum Gasteiger partial charge on any atom is 0.307 e. The number of esters is 1. The van der Waals surface area contributed by atoms with Crippen molar-refractivity contribution in [2.45, 2.75) is 13.3 Å². The normalized spacial score (nSPS) is 12.8. The molecule has 0 bridgehead atoms. The van der Waals surface area contributed by atoms with Gasteiger partial charge in [-0.1, -0.05) is 12.2 Å². The molecular formula is C22H20N4O4S. The quantitative estimate of drug-likeness (QED) is 0.529. The van der Waals surface area contributed by atoms with E-state index in [2.05, 4.69) is 10.6 Å². The van der Waals surface area contributed by atoms with Crippen LogP contribution >= 0.6 is 12.2 Å². The highest BCUT2D eigenvalue weighted by Gasteiger charge is 2.26. The van der Waals surface area contributed by atoms with Gasteiger partial charge in [-0.05, 0) is 49.4 Å². The van der Waals surface area contributed by atoms with Crippen LogP contribution in [0.15, 0.2) is 42.5 Å². The SMILES string of the molecule is CCOC(=O)CCN1CC(=S)Nc2ccc(C(=O)Nc3ccc(C#N)cc3)cc2C1=O. The zero-order chi connectivity index (χ0) is 22.4. The molecule has 0 unspecified atom stereocenters. The average Bonchev–Trinajstić information content (AvgIpc) is 2.88. The summed E-state index contributed by atoms with van der Waals surface area (Å²) < 4.78 is 4.92. The van der Waals surface area contributed by atoms with E-state index < -0.39 is 11.9 Å². The lowest BCUT2D eigenvalue weighted by atomic mass is 10.1. The first kappa shape index (κ1) is 21.9. The van der Waals surface area contributed by atoms with E-state index in [4.69, 9.17) is 22.2 Å². The van der Waals surface area contributed by atoms with Gasteiger partial charge in [-0.25, -0.2) is 0 Å². The standard InChI is InChI=1S/C22H20N4O4S/c1-2-30-20(27)9-10-26-13-19(31)25-18-8-5-15(11-17(18)22(26)29)21(28)24-16-6-3-14(12-23)4-7-16/h3-8,11H,2,9-10,13H2,1H3,(H,24,28)(H,25,31). The van der Waals surface area contributed by atoms with Crippen LogP contribution < -0.4 is 10.6 Å². The minimum Gasteiger partial charge on any atom is -0.466 e. The highest BCUT2D eigenvalue weighted by atomic mass is 32.1. The second-order valence-corrected chi connectivity index (χ2v) is 7.23. The summed E-state index contributed by atoms with van der Waals surface area (Å²) in [5.74, 6) is -1.13. The third-order valence-electron chi connectivity index (χ3n) is 4.57. The van der Waals surface area contributed by atoms with E-state index in [1.165, 1.54) is 11.0 Å². The van der Waals surface area contributed by atoms with E-state index in [9.17, 15) is 14.4 Å². The topological polar surface area (TPSA) is 112 Å². The Balaban J connectivity index is 1.79. The number of thiocarbonyl (C=S) groups is 1. The van der Waals surface area contributed by atoms with Gasteiger partial charge in [0.15, 0.2) is 0 Å². The third kappa shape index (κ3) is 5.43. The van der Waals surface area contributed by atoms with Gasteiger partial charge < -0.3 is 20.3 Å². The van der Waals surface area contributed by atoms with Crippen molar-refractivity contribution in [1.82, 2.24) is 4.90 Å². The predicted molar refractivity (Wildman–Crippen MR) is 119 cm³/mol. The Hall–Kier alpha value is -3.77. The molecule has 0 fully saturated rings. The number of nitrogens with one attached hydrogen (secondary N) is 2. The van der Waals surface area contributed by atoms with Gasteiger partial charge in [0.25, 0.3) is 11.8 Å². The van der Waals surface area contributed by atoms with Crippen molar-refractivity contribution in [3.8, 4) is 6.07 Å². The number of nitrogens with zero attached hydrogens (tertiary/aromatic N) is 2. The first-order chi connectivity index (χ1) is 14.9. The molecule has 0 saturated heterocycles. The molecule has 0 atom stereocenters. The van der Waals surface area contributed by atoms with Crippen molar-refractivity contribution in [3.63, 3.8) is 0 Å². The molecule has 2 aromatic carbocycles. The molecule has 3 rings (SSSR count). The van der Waals surface area contributed by atoms with E-state index in [0.29, 0.717) is 21.9 Å². The van der Waals surface area contributed by atoms with Gasteiger partial charge in [0.05, 0.1) is 47.4 Å². The summed E-state index contributed by atoms with van der Waals surface area (Å²) in [4.78, 5) is 39.3. The van der Waals surface area contributed by atoms with Crippen LogP contribution in [-0.4, -0.2) is 47.4 Å². The largest absolute Gasteiger partial charge is 0.466 e. The molecule has 0 radical (unpaired) electrons. The van der Waals surface area contributed by atoms with Crippen molar-refractivity contribution in [1.29, 1.82) is 5.26 Å². The van der Waals surface area contributed by atoms with E-state index in [1.807, 2.05) is 6.07 Å². The van der Waals surface area contributed by atoms with Gasteiger partial charge in [-0.3, -0.25) is 14.4 Å².